The molecule has 8 nitrogen and oxygen atoms in total. The highest BCUT2D eigenvalue weighted by molar-refractivity contribution is 5.77. The normalized spacial score (nSPS) is 18.0. The zero-order chi connectivity index (χ0) is 17.2. The van der Waals surface area contributed by atoms with E-state index in [2.05, 4.69) is 20.3 Å². The van der Waals surface area contributed by atoms with Gasteiger partial charge in [0, 0.05) is 24.9 Å². The van der Waals surface area contributed by atoms with Crippen molar-refractivity contribution in [2.24, 2.45) is 0 Å². The van der Waals surface area contributed by atoms with Gasteiger partial charge in [-0.2, -0.15) is 0 Å². The molecule has 0 radical (unpaired) electrons. The Labute approximate surface area is 144 Å². The lowest BCUT2D eigenvalue weighted by Gasteiger charge is -2.32. The van der Waals surface area contributed by atoms with Gasteiger partial charge in [0.15, 0.2) is 0 Å². The summed E-state index contributed by atoms with van der Waals surface area (Å²) in [6.07, 6.45) is 1.96. The Hall–Kier alpha value is -2.74. The van der Waals surface area contributed by atoms with Gasteiger partial charge in [-0.25, -0.2) is 9.67 Å². The first kappa shape index (κ1) is 15.8. The highest BCUT2D eigenvalue weighted by atomic mass is 16.5. The summed E-state index contributed by atoms with van der Waals surface area (Å²) < 4.78 is 7.53. The fourth-order valence-electron chi connectivity index (χ4n) is 3.08. The fourth-order valence-corrected chi connectivity index (χ4v) is 3.08. The van der Waals surface area contributed by atoms with Crippen LogP contribution in [0.2, 0.25) is 0 Å². The lowest BCUT2D eigenvalue weighted by atomic mass is 10.2. The lowest BCUT2D eigenvalue weighted by molar-refractivity contribution is -0.139. The van der Waals surface area contributed by atoms with Crippen LogP contribution in [0.15, 0.2) is 30.5 Å². The average Bonchev–Trinajstić information content (AvgIpc) is 3.26. The molecule has 130 valence electrons. The molecule has 2 aromatic heterocycles. The number of carbonyl (C=O) groups excluding carboxylic acids is 1. The molecular weight excluding hydrogens is 320 g/mol. The van der Waals surface area contributed by atoms with E-state index in [1.54, 1.807) is 10.9 Å². The quantitative estimate of drug-likeness (QED) is 0.776. The molecule has 1 atom stereocenters. The van der Waals surface area contributed by atoms with E-state index in [1.165, 1.54) is 0 Å². The van der Waals surface area contributed by atoms with E-state index in [0.717, 1.165) is 22.6 Å². The molecule has 8 heteroatoms. The molecule has 1 saturated heterocycles. The van der Waals surface area contributed by atoms with E-state index in [4.69, 9.17) is 4.74 Å². The first-order valence-electron chi connectivity index (χ1n) is 8.40. The maximum atomic E-state index is 12.6. The molecule has 0 bridgehead atoms. The highest BCUT2D eigenvalue weighted by Crippen LogP contribution is 2.20. The first-order chi connectivity index (χ1) is 12.2. The van der Waals surface area contributed by atoms with Gasteiger partial charge < -0.3 is 14.6 Å². The molecule has 3 aromatic rings. The zero-order valence-electron chi connectivity index (χ0n) is 14.1. The second-order valence-electron chi connectivity index (χ2n) is 6.20. The number of para-hydroxylation sites is 1. The third-order valence-electron chi connectivity index (χ3n) is 4.40. The molecule has 1 aliphatic rings. The van der Waals surface area contributed by atoms with E-state index in [9.17, 15) is 4.79 Å². The molecule has 4 rings (SSSR count). The smallest absolute Gasteiger partial charge is 0.224 e. The Morgan fingerprint density at radius 1 is 1.40 bits per heavy atom. The molecule has 25 heavy (non-hydrogen) atoms. The maximum absolute atomic E-state index is 12.6. The predicted octanol–water partition coefficient (Wildman–Crippen LogP) is 1.45. The van der Waals surface area contributed by atoms with Crippen molar-refractivity contribution >= 4 is 16.9 Å². The summed E-state index contributed by atoms with van der Waals surface area (Å²) in [4.78, 5) is 21.9. The van der Waals surface area contributed by atoms with Gasteiger partial charge in [0.2, 0.25) is 5.91 Å². The van der Waals surface area contributed by atoms with Crippen LogP contribution in [0.25, 0.3) is 11.0 Å². The minimum atomic E-state index is -0.196. The molecule has 3 heterocycles. The molecule has 1 N–H and O–H groups in total. The van der Waals surface area contributed by atoms with E-state index in [1.807, 2.05) is 36.1 Å². The number of hydrogen-bond donors (Lipinski definition) is 1. The van der Waals surface area contributed by atoms with Crippen molar-refractivity contribution in [1.82, 2.24) is 29.9 Å². The van der Waals surface area contributed by atoms with Gasteiger partial charge in [0.05, 0.1) is 25.2 Å². The van der Waals surface area contributed by atoms with Crippen LogP contribution in [0.5, 0.6) is 0 Å². The minimum absolute atomic E-state index is 0.0937. The fraction of sp³-hybridized carbons (Fsp3) is 0.412. The largest absolute Gasteiger partial charge is 0.367 e. The number of aromatic nitrogens is 5. The van der Waals surface area contributed by atoms with E-state index < -0.39 is 0 Å². The third-order valence-corrected chi connectivity index (χ3v) is 4.40. The van der Waals surface area contributed by atoms with Gasteiger partial charge in [-0.1, -0.05) is 17.3 Å². The van der Waals surface area contributed by atoms with Gasteiger partial charge in [0.25, 0.3) is 0 Å². The van der Waals surface area contributed by atoms with Crippen molar-refractivity contribution in [2.75, 3.05) is 19.7 Å². The third kappa shape index (κ3) is 3.25. The number of fused-ring (bicyclic) bond motifs is 1. The number of carbonyl (C=O) groups is 1. The Bertz CT molecular complexity index is 886. The number of ether oxygens (including phenoxy) is 1. The number of nitrogens with one attached hydrogen (secondary N) is 1. The number of aromatic amines is 1. The molecule has 0 saturated carbocycles. The molecule has 0 unspecified atom stereocenters. The second-order valence-corrected chi connectivity index (χ2v) is 6.20. The molecule has 1 aliphatic heterocycles. The number of hydrogen-bond acceptors (Lipinski definition) is 5. The van der Waals surface area contributed by atoms with E-state index >= 15 is 0 Å². The molecule has 0 spiro atoms. The van der Waals surface area contributed by atoms with Crippen molar-refractivity contribution in [2.45, 2.75) is 26.0 Å². The molecule has 1 fully saturated rings. The topological polar surface area (TPSA) is 88.9 Å². The second kappa shape index (κ2) is 6.64. The van der Waals surface area contributed by atoms with Gasteiger partial charge in [-0.15, -0.1) is 5.10 Å². The van der Waals surface area contributed by atoms with Crippen LogP contribution in [0.4, 0.5) is 0 Å². The number of imidazole rings is 1. The van der Waals surface area contributed by atoms with Crippen LogP contribution in [-0.4, -0.2) is 55.5 Å². The van der Waals surface area contributed by atoms with E-state index in [-0.39, 0.29) is 12.0 Å². The zero-order valence-corrected chi connectivity index (χ0v) is 14.1. The minimum Gasteiger partial charge on any atom is -0.367 e. The van der Waals surface area contributed by atoms with Crippen LogP contribution in [0.3, 0.4) is 0 Å². The summed E-state index contributed by atoms with van der Waals surface area (Å²) in [6.45, 7) is 4.10. The Morgan fingerprint density at radius 2 is 2.28 bits per heavy atom. The van der Waals surface area contributed by atoms with Gasteiger partial charge in [0.1, 0.15) is 17.4 Å². The summed E-state index contributed by atoms with van der Waals surface area (Å²) in [5.41, 5.74) is 2.77. The number of rotatable bonds is 4. The first-order valence-corrected chi connectivity index (χ1v) is 8.40. The lowest BCUT2D eigenvalue weighted by Crippen LogP contribution is -2.42. The average molecular weight is 340 g/mol. The van der Waals surface area contributed by atoms with Crippen LogP contribution < -0.4 is 0 Å². The molecular formula is C17H20N6O2. The summed E-state index contributed by atoms with van der Waals surface area (Å²) in [7, 11) is 0. The van der Waals surface area contributed by atoms with Crippen molar-refractivity contribution in [3.8, 4) is 0 Å². The van der Waals surface area contributed by atoms with Gasteiger partial charge in [-0.3, -0.25) is 4.79 Å². The number of benzene rings is 1. The van der Waals surface area contributed by atoms with Crippen molar-refractivity contribution in [3.05, 3.63) is 42.0 Å². The van der Waals surface area contributed by atoms with Crippen molar-refractivity contribution < 1.29 is 9.53 Å². The maximum Gasteiger partial charge on any atom is 0.224 e. The Kier molecular flexibility index (Phi) is 4.19. The summed E-state index contributed by atoms with van der Waals surface area (Å²) in [5, 5.41) is 8.25. The van der Waals surface area contributed by atoms with Crippen LogP contribution in [0, 0.1) is 6.92 Å². The Morgan fingerprint density at radius 3 is 3.12 bits per heavy atom. The standard InChI is InChI=1S/C17H20N6O2/c1-12-10-18-17(19-12)15-11-22(8-9-25-15)16(24)6-7-23-14-5-3-2-4-13(14)20-21-23/h2-5,10,15H,6-9,11H2,1H3,(H,18,19)/t15-/m1/s1. The van der Waals surface area contributed by atoms with Gasteiger partial charge >= 0.3 is 0 Å². The number of H-pyrrole nitrogens is 1. The molecule has 1 amide bonds. The predicted molar refractivity (Wildman–Crippen MR) is 90.7 cm³/mol. The number of amides is 1. The number of morpholine rings is 1. The van der Waals surface area contributed by atoms with Crippen LogP contribution in [-0.2, 0) is 16.1 Å². The SMILES string of the molecule is Cc1cnc([C@H]2CN(C(=O)CCn3nnc4ccccc43)CCO2)[nH]1. The summed E-state index contributed by atoms with van der Waals surface area (Å²) >= 11 is 0. The molecule has 0 aliphatic carbocycles. The van der Waals surface area contributed by atoms with E-state index in [0.29, 0.717) is 32.7 Å². The number of nitrogens with zero attached hydrogens (tertiary/aromatic N) is 5. The van der Waals surface area contributed by atoms with Crippen LogP contribution in [0.1, 0.15) is 24.0 Å². The van der Waals surface area contributed by atoms with Crippen molar-refractivity contribution in [1.29, 1.82) is 0 Å². The number of aryl methyl sites for hydroxylation is 2. The summed E-state index contributed by atoms with van der Waals surface area (Å²) in [5.74, 6) is 0.869. The van der Waals surface area contributed by atoms with Gasteiger partial charge in [-0.05, 0) is 19.1 Å². The Balaban J connectivity index is 1.39. The highest BCUT2D eigenvalue weighted by Gasteiger charge is 2.27. The molecule has 1 aromatic carbocycles. The van der Waals surface area contributed by atoms with Crippen LogP contribution >= 0.6 is 0 Å². The monoisotopic (exact) mass is 340 g/mol. The summed E-state index contributed by atoms with van der Waals surface area (Å²) in [6, 6.07) is 7.75. The van der Waals surface area contributed by atoms with Crippen molar-refractivity contribution in [3.63, 3.8) is 0 Å².